The Hall–Kier alpha value is -1.79. The van der Waals surface area contributed by atoms with Crippen LogP contribution in [0.1, 0.15) is 19.8 Å². The fourth-order valence-electron chi connectivity index (χ4n) is 2.02. The highest BCUT2D eigenvalue weighted by molar-refractivity contribution is 5.92. The number of benzene rings is 1. The average molecular weight is 310 g/mol. The predicted molar refractivity (Wildman–Crippen MR) is 86.8 cm³/mol. The van der Waals surface area contributed by atoms with Crippen LogP contribution >= 0.6 is 0 Å². The van der Waals surface area contributed by atoms with E-state index in [1.54, 1.807) is 39.5 Å². The van der Waals surface area contributed by atoms with Gasteiger partial charge in [-0.2, -0.15) is 0 Å². The van der Waals surface area contributed by atoms with Crippen molar-refractivity contribution in [1.29, 1.82) is 0 Å². The maximum Gasteiger partial charge on any atom is 0.226 e. The van der Waals surface area contributed by atoms with Gasteiger partial charge in [0, 0.05) is 32.2 Å². The number of rotatable bonds is 10. The lowest BCUT2D eigenvalue weighted by atomic mass is 10.2. The number of anilines is 1. The van der Waals surface area contributed by atoms with E-state index in [-0.39, 0.29) is 11.9 Å². The minimum absolute atomic E-state index is 0.0600. The molecule has 0 spiro atoms. The molecule has 0 radical (unpaired) electrons. The van der Waals surface area contributed by atoms with E-state index in [9.17, 15) is 4.79 Å². The van der Waals surface area contributed by atoms with Crippen molar-refractivity contribution in [3.8, 4) is 11.5 Å². The second-order valence-corrected chi connectivity index (χ2v) is 5.02. The molecule has 0 heterocycles. The highest BCUT2D eigenvalue weighted by Crippen LogP contribution is 2.29. The molecule has 0 fully saturated rings. The monoisotopic (exact) mass is 310 g/mol. The Labute approximate surface area is 132 Å². The summed E-state index contributed by atoms with van der Waals surface area (Å²) in [7, 11) is 4.83. The van der Waals surface area contributed by atoms with Gasteiger partial charge in [-0.05, 0) is 32.0 Å². The lowest BCUT2D eigenvalue weighted by molar-refractivity contribution is -0.116. The van der Waals surface area contributed by atoms with E-state index < -0.39 is 0 Å². The van der Waals surface area contributed by atoms with Gasteiger partial charge in [0.05, 0.1) is 19.9 Å². The molecule has 0 aliphatic heterocycles. The normalized spacial score (nSPS) is 11.8. The third kappa shape index (κ3) is 6.32. The van der Waals surface area contributed by atoms with Crippen LogP contribution < -0.4 is 20.1 Å². The number of ether oxygens (including phenoxy) is 3. The van der Waals surface area contributed by atoms with Crippen molar-refractivity contribution >= 4 is 11.6 Å². The fourth-order valence-corrected chi connectivity index (χ4v) is 2.02. The van der Waals surface area contributed by atoms with Gasteiger partial charge in [-0.3, -0.25) is 4.79 Å². The van der Waals surface area contributed by atoms with Crippen LogP contribution in [0.5, 0.6) is 11.5 Å². The lowest BCUT2D eigenvalue weighted by Crippen LogP contribution is -2.31. The SMILES string of the molecule is COCCCNC(C)CC(=O)Nc1ccc(OC)cc1OC. The molecule has 6 heteroatoms. The van der Waals surface area contributed by atoms with Crippen LogP contribution in [0.2, 0.25) is 0 Å². The van der Waals surface area contributed by atoms with E-state index in [2.05, 4.69) is 10.6 Å². The van der Waals surface area contributed by atoms with Crippen molar-refractivity contribution < 1.29 is 19.0 Å². The maximum absolute atomic E-state index is 12.1. The van der Waals surface area contributed by atoms with Gasteiger partial charge in [-0.1, -0.05) is 0 Å². The molecule has 1 unspecified atom stereocenters. The molecule has 2 N–H and O–H groups in total. The molecule has 0 aliphatic rings. The van der Waals surface area contributed by atoms with Gasteiger partial charge in [0.15, 0.2) is 0 Å². The summed E-state index contributed by atoms with van der Waals surface area (Å²) in [5, 5.41) is 6.15. The topological polar surface area (TPSA) is 68.8 Å². The first-order valence-electron chi connectivity index (χ1n) is 7.35. The number of nitrogens with one attached hydrogen (secondary N) is 2. The van der Waals surface area contributed by atoms with E-state index in [4.69, 9.17) is 14.2 Å². The van der Waals surface area contributed by atoms with Crippen molar-refractivity contribution in [1.82, 2.24) is 5.32 Å². The van der Waals surface area contributed by atoms with E-state index in [1.807, 2.05) is 6.92 Å². The zero-order valence-electron chi connectivity index (χ0n) is 13.8. The van der Waals surface area contributed by atoms with Gasteiger partial charge >= 0.3 is 0 Å². The van der Waals surface area contributed by atoms with Crippen LogP contribution in [-0.2, 0) is 9.53 Å². The van der Waals surface area contributed by atoms with Crippen LogP contribution in [0.15, 0.2) is 18.2 Å². The first kappa shape index (κ1) is 18.3. The molecule has 0 aliphatic carbocycles. The van der Waals surface area contributed by atoms with E-state index in [0.717, 1.165) is 19.6 Å². The highest BCUT2D eigenvalue weighted by Gasteiger charge is 2.12. The number of carbonyl (C=O) groups is 1. The Kier molecular flexibility index (Phi) is 8.32. The number of amides is 1. The number of hydrogen-bond acceptors (Lipinski definition) is 5. The van der Waals surface area contributed by atoms with Gasteiger partial charge < -0.3 is 24.8 Å². The zero-order chi connectivity index (χ0) is 16.4. The molecule has 1 amide bonds. The van der Waals surface area contributed by atoms with Crippen LogP contribution in [0, 0.1) is 0 Å². The Morgan fingerprint density at radius 1 is 1.23 bits per heavy atom. The van der Waals surface area contributed by atoms with Gasteiger partial charge in [0.1, 0.15) is 11.5 Å². The smallest absolute Gasteiger partial charge is 0.226 e. The van der Waals surface area contributed by atoms with Gasteiger partial charge in [0.25, 0.3) is 0 Å². The van der Waals surface area contributed by atoms with Crippen molar-refractivity contribution in [2.45, 2.75) is 25.8 Å². The summed E-state index contributed by atoms with van der Waals surface area (Å²) in [6.07, 6.45) is 1.32. The summed E-state index contributed by atoms with van der Waals surface area (Å²) in [5.41, 5.74) is 0.639. The Bertz CT molecular complexity index is 465. The van der Waals surface area contributed by atoms with Crippen LogP contribution in [0.25, 0.3) is 0 Å². The summed E-state index contributed by atoms with van der Waals surface area (Å²) < 4.78 is 15.4. The van der Waals surface area contributed by atoms with E-state index in [1.165, 1.54) is 0 Å². The zero-order valence-corrected chi connectivity index (χ0v) is 13.8. The molecule has 1 aromatic carbocycles. The second-order valence-electron chi connectivity index (χ2n) is 5.02. The molecule has 1 rings (SSSR count). The van der Waals surface area contributed by atoms with Gasteiger partial charge in [0.2, 0.25) is 5.91 Å². The fraction of sp³-hybridized carbons (Fsp3) is 0.562. The summed E-state index contributed by atoms with van der Waals surface area (Å²) in [6, 6.07) is 5.39. The summed E-state index contributed by atoms with van der Waals surface area (Å²) in [5.74, 6) is 1.20. The van der Waals surface area contributed by atoms with E-state index >= 15 is 0 Å². The molecule has 124 valence electrons. The Morgan fingerprint density at radius 3 is 2.64 bits per heavy atom. The maximum atomic E-state index is 12.1. The van der Waals surface area contributed by atoms with Crippen molar-refractivity contribution in [3.63, 3.8) is 0 Å². The first-order valence-corrected chi connectivity index (χ1v) is 7.35. The van der Waals surface area contributed by atoms with Crippen LogP contribution in [-0.4, -0.2) is 46.4 Å². The lowest BCUT2D eigenvalue weighted by Gasteiger charge is -2.15. The second kappa shape index (κ2) is 10.0. The largest absolute Gasteiger partial charge is 0.497 e. The van der Waals surface area contributed by atoms with Crippen molar-refractivity contribution in [3.05, 3.63) is 18.2 Å². The quantitative estimate of drug-likeness (QED) is 0.647. The van der Waals surface area contributed by atoms with E-state index in [0.29, 0.717) is 23.6 Å². The number of methoxy groups -OCH3 is 3. The highest BCUT2D eigenvalue weighted by atomic mass is 16.5. The minimum atomic E-state index is -0.0600. The molecular formula is C16H26N2O4. The summed E-state index contributed by atoms with van der Waals surface area (Å²) >= 11 is 0. The number of carbonyl (C=O) groups excluding carboxylic acids is 1. The molecule has 0 saturated carbocycles. The summed E-state index contributed by atoms with van der Waals surface area (Å²) in [4.78, 5) is 12.1. The minimum Gasteiger partial charge on any atom is -0.497 e. The number of hydrogen-bond donors (Lipinski definition) is 2. The third-order valence-corrected chi connectivity index (χ3v) is 3.19. The van der Waals surface area contributed by atoms with Crippen molar-refractivity contribution in [2.24, 2.45) is 0 Å². The van der Waals surface area contributed by atoms with Gasteiger partial charge in [-0.25, -0.2) is 0 Å². The Balaban J connectivity index is 2.47. The molecule has 1 atom stereocenters. The standard InChI is InChI=1S/C16H26N2O4/c1-12(17-8-5-9-20-2)10-16(19)18-14-7-6-13(21-3)11-15(14)22-4/h6-7,11-12,17H,5,8-10H2,1-4H3,(H,18,19). The molecule has 1 aromatic rings. The molecule has 0 bridgehead atoms. The van der Waals surface area contributed by atoms with Gasteiger partial charge in [-0.15, -0.1) is 0 Å². The Morgan fingerprint density at radius 2 is 2.00 bits per heavy atom. The summed E-state index contributed by atoms with van der Waals surface area (Å²) in [6.45, 7) is 3.53. The predicted octanol–water partition coefficient (Wildman–Crippen LogP) is 2.05. The van der Waals surface area contributed by atoms with Crippen LogP contribution in [0.3, 0.4) is 0 Å². The molecule has 22 heavy (non-hydrogen) atoms. The third-order valence-electron chi connectivity index (χ3n) is 3.19. The average Bonchev–Trinajstić information content (AvgIpc) is 2.51. The van der Waals surface area contributed by atoms with Crippen LogP contribution in [0.4, 0.5) is 5.69 Å². The molecule has 0 aromatic heterocycles. The molecular weight excluding hydrogens is 284 g/mol. The molecule has 6 nitrogen and oxygen atoms in total. The van der Waals surface area contributed by atoms with Crippen molar-refractivity contribution in [2.75, 3.05) is 39.8 Å². The first-order chi connectivity index (χ1) is 10.6. The molecule has 0 saturated heterocycles.